The van der Waals surface area contributed by atoms with E-state index in [-0.39, 0.29) is 18.6 Å². The van der Waals surface area contributed by atoms with Gasteiger partial charge in [0.15, 0.2) is 6.61 Å². The van der Waals surface area contributed by atoms with Gasteiger partial charge in [0.25, 0.3) is 5.91 Å². The molecule has 1 aliphatic heterocycles. The van der Waals surface area contributed by atoms with Gasteiger partial charge in [0, 0.05) is 24.8 Å². The molecule has 0 bridgehead atoms. The summed E-state index contributed by atoms with van der Waals surface area (Å²) in [7, 11) is 0. The second-order valence-corrected chi connectivity index (χ2v) is 4.96. The average Bonchev–Trinajstić information content (AvgIpc) is 2.46. The number of amides is 1. The summed E-state index contributed by atoms with van der Waals surface area (Å²) in [5.41, 5.74) is 0.686. The Kier molecular flexibility index (Phi) is 5.38. The fraction of sp³-hybridized carbons (Fsp3) is 0.533. The number of aliphatic hydroxyl groups is 1. The maximum absolute atomic E-state index is 11.8. The van der Waals surface area contributed by atoms with E-state index in [4.69, 9.17) is 9.47 Å². The zero-order valence-corrected chi connectivity index (χ0v) is 11.7. The molecule has 1 amide bonds. The van der Waals surface area contributed by atoms with Crippen LogP contribution in [0.1, 0.15) is 31.4 Å². The largest absolute Gasteiger partial charge is 0.483 e. The van der Waals surface area contributed by atoms with Gasteiger partial charge in [-0.3, -0.25) is 4.79 Å². The first kappa shape index (κ1) is 14.8. The molecule has 0 aliphatic carbocycles. The number of para-hydroxylation sites is 1. The molecule has 1 atom stereocenters. The summed E-state index contributed by atoms with van der Waals surface area (Å²) >= 11 is 0. The van der Waals surface area contributed by atoms with Gasteiger partial charge < -0.3 is 19.9 Å². The van der Waals surface area contributed by atoms with E-state index < -0.39 is 6.10 Å². The van der Waals surface area contributed by atoms with Gasteiger partial charge in [-0.1, -0.05) is 18.2 Å². The molecular formula is C15H21NO4. The number of benzene rings is 1. The first-order chi connectivity index (χ1) is 9.66. The van der Waals surface area contributed by atoms with Crippen molar-refractivity contribution < 1.29 is 19.4 Å². The highest BCUT2D eigenvalue weighted by Gasteiger charge is 2.16. The Labute approximate surface area is 118 Å². The topological polar surface area (TPSA) is 67.8 Å². The van der Waals surface area contributed by atoms with E-state index in [1.54, 1.807) is 19.1 Å². The van der Waals surface area contributed by atoms with Crippen molar-refractivity contribution in [1.29, 1.82) is 0 Å². The standard InChI is InChI=1S/C15H21NO4/c1-11(17)13-4-2-3-5-14(13)20-10-15(18)16-12-6-8-19-9-7-12/h2-5,11-12,17H,6-10H2,1H3,(H,16,18)/t11-/m1/s1. The molecule has 5 nitrogen and oxygen atoms in total. The fourth-order valence-electron chi connectivity index (χ4n) is 2.21. The second-order valence-electron chi connectivity index (χ2n) is 4.96. The monoisotopic (exact) mass is 279 g/mol. The number of nitrogens with one attached hydrogen (secondary N) is 1. The van der Waals surface area contributed by atoms with E-state index >= 15 is 0 Å². The number of hydrogen-bond acceptors (Lipinski definition) is 4. The van der Waals surface area contributed by atoms with Gasteiger partial charge >= 0.3 is 0 Å². The summed E-state index contributed by atoms with van der Waals surface area (Å²) in [6, 6.07) is 7.36. The minimum absolute atomic E-state index is 0.0406. The molecule has 20 heavy (non-hydrogen) atoms. The molecule has 110 valence electrons. The zero-order chi connectivity index (χ0) is 14.4. The van der Waals surface area contributed by atoms with Crippen LogP contribution in [0.25, 0.3) is 0 Å². The third kappa shape index (κ3) is 4.21. The van der Waals surface area contributed by atoms with Crippen LogP contribution >= 0.6 is 0 Å². The van der Waals surface area contributed by atoms with Gasteiger partial charge in [0.05, 0.1) is 6.10 Å². The quantitative estimate of drug-likeness (QED) is 0.855. The van der Waals surface area contributed by atoms with Crippen molar-refractivity contribution in [3.63, 3.8) is 0 Å². The third-order valence-corrected chi connectivity index (χ3v) is 3.31. The number of ether oxygens (including phenoxy) is 2. The molecule has 1 saturated heterocycles. The Morgan fingerprint density at radius 2 is 2.15 bits per heavy atom. The van der Waals surface area contributed by atoms with Crippen LogP contribution in [0.5, 0.6) is 5.75 Å². The van der Waals surface area contributed by atoms with E-state index in [0.29, 0.717) is 24.5 Å². The van der Waals surface area contributed by atoms with Gasteiger partial charge in [-0.2, -0.15) is 0 Å². The van der Waals surface area contributed by atoms with Gasteiger partial charge in [-0.15, -0.1) is 0 Å². The minimum atomic E-state index is -0.621. The van der Waals surface area contributed by atoms with Gasteiger partial charge in [0.1, 0.15) is 5.75 Å². The Morgan fingerprint density at radius 1 is 1.45 bits per heavy atom. The van der Waals surface area contributed by atoms with Crippen LogP contribution in [0.4, 0.5) is 0 Å². The lowest BCUT2D eigenvalue weighted by atomic mass is 10.1. The molecule has 2 N–H and O–H groups in total. The average molecular weight is 279 g/mol. The summed E-state index contributed by atoms with van der Waals surface area (Å²) in [6.07, 6.45) is 1.07. The lowest BCUT2D eigenvalue weighted by Crippen LogP contribution is -2.41. The minimum Gasteiger partial charge on any atom is -0.483 e. The van der Waals surface area contributed by atoms with E-state index in [0.717, 1.165) is 12.8 Å². The molecule has 0 radical (unpaired) electrons. The number of aliphatic hydroxyl groups excluding tert-OH is 1. The van der Waals surface area contributed by atoms with E-state index in [1.807, 2.05) is 12.1 Å². The molecule has 0 spiro atoms. The van der Waals surface area contributed by atoms with E-state index in [9.17, 15) is 9.90 Å². The zero-order valence-electron chi connectivity index (χ0n) is 11.7. The van der Waals surface area contributed by atoms with Gasteiger partial charge in [-0.05, 0) is 25.8 Å². The molecule has 1 aromatic rings. The van der Waals surface area contributed by atoms with Crippen molar-refractivity contribution in [2.24, 2.45) is 0 Å². The van der Waals surface area contributed by atoms with Crippen LogP contribution in [-0.4, -0.2) is 36.9 Å². The van der Waals surface area contributed by atoms with Crippen LogP contribution in [-0.2, 0) is 9.53 Å². The van der Waals surface area contributed by atoms with Crippen LogP contribution in [0.3, 0.4) is 0 Å². The number of rotatable bonds is 5. The first-order valence-corrected chi connectivity index (χ1v) is 6.93. The smallest absolute Gasteiger partial charge is 0.258 e. The highest BCUT2D eigenvalue weighted by molar-refractivity contribution is 5.77. The van der Waals surface area contributed by atoms with Crippen molar-refractivity contribution >= 4 is 5.91 Å². The molecule has 1 aromatic carbocycles. The Bertz CT molecular complexity index is 441. The number of carbonyl (C=O) groups excluding carboxylic acids is 1. The first-order valence-electron chi connectivity index (χ1n) is 6.93. The molecule has 0 saturated carbocycles. The summed E-state index contributed by atoms with van der Waals surface area (Å²) in [5, 5.41) is 12.6. The predicted octanol–water partition coefficient (Wildman–Crippen LogP) is 1.41. The highest BCUT2D eigenvalue weighted by Crippen LogP contribution is 2.24. The number of hydrogen-bond donors (Lipinski definition) is 2. The molecule has 2 rings (SSSR count). The van der Waals surface area contributed by atoms with Gasteiger partial charge in [-0.25, -0.2) is 0 Å². The molecule has 1 aliphatic rings. The Morgan fingerprint density at radius 3 is 2.85 bits per heavy atom. The summed E-state index contributed by atoms with van der Waals surface area (Å²) in [5.74, 6) is 0.405. The summed E-state index contributed by atoms with van der Waals surface area (Å²) in [4.78, 5) is 11.8. The predicted molar refractivity (Wildman–Crippen MR) is 74.6 cm³/mol. The number of carbonyl (C=O) groups is 1. The Hall–Kier alpha value is -1.59. The normalized spacial score (nSPS) is 17.5. The lowest BCUT2D eigenvalue weighted by Gasteiger charge is -2.23. The lowest BCUT2D eigenvalue weighted by molar-refractivity contribution is -0.124. The summed E-state index contributed by atoms with van der Waals surface area (Å²) in [6.45, 7) is 3.01. The third-order valence-electron chi connectivity index (χ3n) is 3.31. The Balaban J connectivity index is 1.83. The highest BCUT2D eigenvalue weighted by atomic mass is 16.5. The van der Waals surface area contributed by atoms with Gasteiger partial charge in [0.2, 0.25) is 0 Å². The molecule has 0 unspecified atom stereocenters. The van der Waals surface area contributed by atoms with Crippen molar-refractivity contribution in [3.8, 4) is 5.75 Å². The maximum atomic E-state index is 11.8. The maximum Gasteiger partial charge on any atom is 0.258 e. The second kappa shape index (κ2) is 7.26. The van der Waals surface area contributed by atoms with Crippen LogP contribution in [0.2, 0.25) is 0 Å². The van der Waals surface area contributed by atoms with E-state index in [2.05, 4.69) is 5.32 Å². The van der Waals surface area contributed by atoms with E-state index in [1.165, 1.54) is 0 Å². The molecule has 0 aromatic heterocycles. The summed E-state index contributed by atoms with van der Waals surface area (Å²) < 4.78 is 10.7. The fourth-order valence-corrected chi connectivity index (χ4v) is 2.21. The van der Waals surface area contributed by atoms with Crippen LogP contribution < -0.4 is 10.1 Å². The van der Waals surface area contributed by atoms with Crippen molar-refractivity contribution in [2.75, 3.05) is 19.8 Å². The SMILES string of the molecule is C[C@@H](O)c1ccccc1OCC(=O)NC1CCOCC1. The molecule has 1 heterocycles. The van der Waals surface area contributed by atoms with Crippen LogP contribution in [0.15, 0.2) is 24.3 Å². The van der Waals surface area contributed by atoms with Crippen molar-refractivity contribution in [1.82, 2.24) is 5.32 Å². The van der Waals surface area contributed by atoms with Crippen molar-refractivity contribution in [2.45, 2.75) is 31.9 Å². The van der Waals surface area contributed by atoms with Crippen molar-refractivity contribution in [3.05, 3.63) is 29.8 Å². The molecule has 5 heteroatoms. The van der Waals surface area contributed by atoms with Crippen LogP contribution in [0, 0.1) is 0 Å². The molecule has 1 fully saturated rings. The molecular weight excluding hydrogens is 258 g/mol.